The lowest BCUT2D eigenvalue weighted by atomic mass is 9.81. The van der Waals surface area contributed by atoms with Gasteiger partial charge in [0.05, 0.1) is 0 Å². The van der Waals surface area contributed by atoms with Crippen LogP contribution in [0, 0.1) is 0 Å². The van der Waals surface area contributed by atoms with Crippen LogP contribution < -0.4 is 4.90 Å². The zero-order chi connectivity index (χ0) is 49.7. The minimum atomic E-state index is -0.195. The molecule has 0 saturated heterocycles. The van der Waals surface area contributed by atoms with Crippen LogP contribution in [0.2, 0.25) is 0 Å². The van der Waals surface area contributed by atoms with Gasteiger partial charge in [0.15, 0.2) is 0 Å². The molecule has 0 unspecified atom stereocenters. The highest BCUT2D eigenvalue weighted by Crippen LogP contribution is 2.53. The summed E-state index contributed by atoms with van der Waals surface area (Å²) >= 11 is 0. The quantitative estimate of drug-likeness (QED) is 0.151. The molecule has 1 heterocycles. The van der Waals surface area contributed by atoms with E-state index in [0.29, 0.717) is 0 Å². The highest BCUT2D eigenvalue weighted by molar-refractivity contribution is 6.06. The second-order valence-corrected chi connectivity index (χ2v) is 21.3. The highest BCUT2D eigenvalue weighted by Gasteiger charge is 2.37. The predicted molar refractivity (Wildman–Crippen MR) is 311 cm³/mol. The fourth-order valence-corrected chi connectivity index (χ4v) is 12.2. The van der Waals surface area contributed by atoms with Gasteiger partial charge in [-0.15, -0.1) is 0 Å². The standard InChI is InChI=1S/C72H53NO/c1-71(2)65-41-52(46-13-7-5-8-14-46)27-36-59(65)60-38-29-54(43-66(60)71)51-25-33-57(34-26-51)73(58-35-40-62-61-37-28-53(47-15-9-6-10-16-47)42-67(61)72(3,4)68(62)45-58)56-31-23-49(24-32-56)48-19-21-50(22-20-48)55-30-39-64-63-17-11-12-18-69(63)74-70(64)44-55/h5-45H,1-4H3. The van der Waals surface area contributed by atoms with Crippen LogP contribution in [-0.2, 0) is 10.8 Å². The van der Waals surface area contributed by atoms with Gasteiger partial charge in [0, 0.05) is 38.7 Å². The highest BCUT2D eigenvalue weighted by atomic mass is 16.3. The van der Waals surface area contributed by atoms with Gasteiger partial charge in [-0.25, -0.2) is 0 Å². The molecule has 0 N–H and O–H groups in total. The number of anilines is 3. The molecule has 0 fully saturated rings. The summed E-state index contributed by atoms with van der Waals surface area (Å²) in [5.41, 5.74) is 27.6. The summed E-state index contributed by atoms with van der Waals surface area (Å²) in [5, 5.41) is 2.29. The molecule has 2 aliphatic rings. The molecule has 0 saturated carbocycles. The molecule has 0 atom stereocenters. The van der Waals surface area contributed by atoms with Gasteiger partial charge in [-0.2, -0.15) is 0 Å². The number of benzene rings is 11. The van der Waals surface area contributed by atoms with Crippen LogP contribution >= 0.6 is 0 Å². The number of rotatable bonds is 8. The summed E-state index contributed by atoms with van der Waals surface area (Å²) < 4.78 is 6.24. The van der Waals surface area contributed by atoms with Crippen LogP contribution in [0.3, 0.4) is 0 Å². The van der Waals surface area contributed by atoms with E-state index in [1.807, 2.05) is 12.1 Å². The summed E-state index contributed by atoms with van der Waals surface area (Å²) in [5.74, 6) is 0. The third-order valence-corrected chi connectivity index (χ3v) is 16.3. The Morgan fingerprint density at radius 2 is 0.581 bits per heavy atom. The lowest BCUT2D eigenvalue weighted by molar-refractivity contribution is 0.660. The normalized spacial score (nSPS) is 13.6. The first kappa shape index (κ1) is 43.8. The number of furan rings is 1. The molecule has 12 aromatic rings. The second kappa shape index (κ2) is 16.8. The average molecular weight is 948 g/mol. The van der Waals surface area contributed by atoms with Crippen molar-refractivity contribution in [3.63, 3.8) is 0 Å². The third kappa shape index (κ3) is 7.08. The molecule has 74 heavy (non-hydrogen) atoms. The second-order valence-electron chi connectivity index (χ2n) is 21.3. The molecule has 0 bridgehead atoms. The van der Waals surface area contributed by atoms with Crippen molar-refractivity contribution in [3.8, 4) is 77.9 Å². The molecular weight excluding hydrogens is 895 g/mol. The summed E-state index contributed by atoms with van der Waals surface area (Å²) in [4.78, 5) is 2.42. The topological polar surface area (TPSA) is 16.4 Å². The van der Waals surface area contributed by atoms with Crippen LogP contribution in [0.1, 0.15) is 49.9 Å². The van der Waals surface area contributed by atoms with Gasteiger partial charge in [-0.3, -0.25) is 0 Å². The summed E-state index contributed by atoms with van der Waals surface area (Å²) in [6.07, 6.45) is 0. The Morgan fingerprint density at radius 3 is 1.07 bits per heavy atom. The monoisotopic (exact) mass is 947 g/mol. The van der Waals surface area contributed by atoms with Crippen LogP contribution in [0.15, 0.2) is 253 Å². The smallest absolute Gasteiger partial charge is 0.136 e. The van der Waals surface area contributed by atoms with E-state index in [-0.39, 0.29) is 10.8 Å². The Balaban J connectivity index is 0.805. The maximum absolute atomic E-state index is 6.24. The Kier molecular flexibility index (Phi) is 9.94. The molecule has 2 aliphatic carbocycles. The molecule has 0 aliphatic heterocycles. The van der Waals surface area contributed by atoms with E-state index in [2.05, 4.69) is 269 Å². The van der Waals surface area contributed by atoms with E-state index in [4.69, 9.17) is 4.42 Å². The third-order valence-electron chi connectivity index (χ3n) is 16.3. The number of hydrogen-bond acceptors (Lipinski definition) is 2. The number of hydrogen-bond donors (Lipinski definition) is 0. The van der Waals surface area contributed by atoms with Crippen LogP contribution in [0.5, 0.6) is 0 Å². The van der Waals surface area contributed by atoms with Crippen molar-refractivity contribution in [1.29, 1.82) is 0 Å². The Bertz CT molecular complexity index is 4140. The minimum absolute atomic E-state index is 0.133. The van der Waals surface area contributed by atoms with Crippen molar-refractivity contribution in [2.45, 2.75) is 38.5 Å². The maximum atomic E-state index is 6.24. The molecule has 0 amide bonds. The van der Waals surface area contributed by atoms with E-state index >= 15 is 0 Å². The molecule has 2 heteroatoms. The van der Waals surface area contributed by atoms with Crippen molar-refractivity contribution < 1.29 is 4.42 Å². The van der Waals surface area contributed by atoms with E-state index in [0.717, 1.165) is 50.1 Å². The van der Waals surface area contributed by atoms with Crippen molar-refractivity contribution in [1.82, 2.24) is 0 Å². The van der Waals surface area contributed by atoms with Gasteiger partial charge in [0.25, 0.3) is 0 Å². The largest absolute Gasteiger partial charge is 0.456 e. The SMILES string of the molecule is CC1(C)c2cc(-c3ccccc3)ccc2-c2ccc(-c3ccc(N(c4ccc(-c5ccc(-c6ccc7c(c6)oc6ccccc67)cc5)cc4)c4ccc5c(c4)C(C)(C)c4cc(-c6ccccc6)ccc4-5)cc3)cc21. The van der Waals surface area contributed by atoms with E-state index in [1.165, 1.54) is 89.0 Å². The summed E-state index contributed by atoms with van der Waals surface area (Å²) in [6.45, 7) is 9.51. The predicted octanol–water partition coefficient (Wildman–Crippen LogP) is 20.0. The molecule has 1 aromatic heterocycles. The zero-order valence-corrected chi connectivity index (χ0v) is 42.0. The van der Waals surface area contributed by atoms with Crippen molar-refractivity contribution >= 4 is 39.0 Å². The summed E-state index contributed by atoms with van der Waals surface area (Å²) in [7, 11) is 0. The Hall–Kier alpha value is -8.98. The zero-order valence-electron chi connectivity index (χ0n) is 42.0. The first-order valence-electron chi connectivity index (χ1n) is 25.9. The van der Waals surface area contributed by atoms with Crippen LogP contribution in [0.25, 0.3) is 99.8 Å². The molecule has 11 aromatic carbocycles. The minimum Gasteiger partial charge on any atom is -0.456 e. The van der Waals surface area contributed by atoms with E-state index < -0.39 is 0 Å². The van der Waals surface area contributed by atoms with Gasteiger partial charge in [-0.1, -0.05) is 204 Å². The molecule has 0 spiro atoms. The molecule has 352 valence electrons. The molecule has 14 rings (SSSR count). The van der Waals surface area contributed by atoms with Crippen molar-refractivity contribution in [2.75, 3.05) is 4.90 Å². The van der Waals surface area contributed by atoms with Crippen LogP contribution in [0.4, 0.5) is 17.1 Å². The lowest BCUT2D eigenvalue weighted by Gasteiger charge is -2.28. The van der Waals surface area contributed by atoms with Gasteiger partial charge in [0.1, 0.15) is 11.2 Å². The first-order valence-corrected chi connectivity index (χ1v) is 25.9. The molecule has 0 radical (unpaired) electrons. The lowest BCUT2D eigenvalue weighted by Crippen LogP contribution is -2.16. The number of nitrogens with zero attached hydrogens (tertiary/aromatic N) is 1. The summed E-state index contributed by atoms with van der Waals surface area (Å²) in [6, 6.07) is 91.6. The van der Waals surface area contributed by atoms with Crippen molar-refractivity contribution in [3.05, 3.63) is 271 Å². The fourth-order valence-electron chi connectivity index (χ4n) is 12.2. The fraction of sp³-hybridized carbons (Fsp3) is 0.0833. The maximum Gasteiger partial charge on any atom is 0.136 e. The van der Waals surface area contributed by atoms with Gasteiger partial charge < -0.3 is 9.32 Å². The van der Waals surface area contributed by atoms with Crippen LogP contribution in [-0.4, -0.2) is 0 Å². The van der Waals surface area contributed by atoms with Gasteiger partial charge in [0.2, 0.25) is 0 Å². The molecule has 2 nitrogen and oxygen atoms in total. The van der Waals surface area contributed by atoms with Gasteiger partial charge in [-0.05, 0) is 173 Å². The average Bonchev–Trinajstić information content (AvgIpc) is 4.07. The molecular formula is C72H53NO. The Labute approximate surface area is 433 Å². The van der Waals surface area contributed by atoms with Gasteiger partial charge >= 0.3 is 0 Å². The first-order chi connectivity index (χ1) is 36.2. The van der Waals surface area contributed by atoms with Crippen molar-refractivity contribution in [2.24, 2.45) is 0 Å². The van der Waals surface area contributed by atoms with E-state index in [1.54, 1.807) is 0 Å². The number of fused-ring (bicyclic) bond motifs is 9. The van der Waals surface area contributed by atoms with E-state index in [9.17, 15) is 0 Å². The Morgan fingerprint density at radius 1 is 0.257 bits per heavy atom. The number of para-hydroxylation sites is 1.